The van der Waals surface area contributed by atoms with E-state index in [1.54, 1.807) is 19.1 Å². The van der Waals surface area contributed by atoms with E-state index < -0.39 is 0 Å². The zero-order valence-electron chi connectivity index (χ0n) is 11.2. The number of nitrogens with one attached hydrogen (secondary N) is 1. The lowest BCUT2D eigenvalue weighted by molar-refractivity contribution is 0.0977. The molecule has 0 fully saturated rings. The van der Waals surface area contributed by atoms with Crippen molar-refractivity contribution in [2.75, 3.05) is 12.3 Å². The van der Waals surface area contributed by atoms with Crippen LogP contribution in [0.15, 0.2) is 33.8 Å². The van der Waals surface area contributed by atoms with Crippen LogP contribution in [0, 0.1) is 6.92 Å². The molecule has 0 atom stereocenters. The van der Waals surface area contributed by atoms with Crippen molar-refractivity contribution in [1.29, 1.82) is 0 Å². The molecule has 1 N–H and O–H groups in total. The molecule has 2 heterocycles. The van der Waals surface area contributed by atoms with Gasteiger partial charge in [0.1, 0.15) is 17.0 Å². The molecule has 0 radical (unpaired) electrons. The predicted octanol–water partition coefficient (Wildman–Crippen LogP) is 3.14. The molecule has 0 unspecified atom stereocenters. The summed E-state index contributed by atoms with van der Waals surface area (Å²) in [6, 6.07) is 7.21. The molecule has 1 aliphatic heterocycles. The zero-order valence-corrected chi connectivity index (χ0v) is 12.8. The van der Waals surface area contributed by atoms with Gasteiger partial charge in [0.05, 0.1) is 11.6 Å². The number of nitrogens with zero attached hydrogens (tertiary/aromatic N) is 2. The van der Waals surface area contributed by atoms with Crippen molar-refractivity contribution in [3.63, 3.8) is 0 Å². The number of carbonyl (C=O) groups is 1. The monoisotopic (exact) mass is 321 g/mol. The molecule has 0 spiro atoms. The average molecular weight is 322 g/mol. The highest BCUT2D eigenvalue weighted by Crippen LogP contribution is 2.31. The Balaban J connectivity index is 1.97. The van der Waals surface area contributed by atoms with Crippen LogP contribution in [0.4, 0.5) is 0 Å². The smallest absolute Gasteiger partial charge is 0.263 e. The van der Waals surface area contributed by atoms with Crippen molar-refractivity contribution in [2.24, 2.45) is 4.99 Å². The maximum Gasteiger partial charge on any atom is 0.263 e. The summed E-state index contributed by atoms with van der Waals surface area (Å²) in [7, 11) is 0. The highest BCUT2D eigenvalue weighted by molar-refractivity contribution is 8.14. The molecule has 21 heavy (non-hydrogen) atoms. The van der Waals surface area contributed by atoms with Gasteiger partial charge in [0.15, 0.2) is 5.17 Å². The Morgan fingerprint density at radius 2 is 2.24 bits per heavy atom. The molecular weight excluding hydrogens is 310 g/mol. The van der Waals surface area contributed by atoms with E-state index in [0.717, 1.165) is 12.3 Å². The summed E-state index contributed by atoms with van der Waals surface area (Å²) in [6.45, 7) is 2.42. The molecule has 0 bridgehead atoms. The first-order valence-corrected chi connectivity index (χ1v) is 7.73. The lowest BCUT2D eigenvalue weighted by atomic mass is 10.1. The Morgan fingerprint density at radius 3 is 2.95 bits per heavy atom. The lowest BCUT2D eigenvalue weighted by Gasteiger charge is -2.05. The van der Waals surface area contributed by atoms with E-state index in [1.165, 1.54) is 11.8 Å². The van der Waals surface area contributed by atoms with Crippen LogP contribution < -0.4 is 5.32 Å². The first-order valence-electron chi connectivity index (χ1n) is 6.36. The molecular formula is C14H12ClN3O2S. The van der Waals surface area contributed by atoms with Crippen molar-refractivity contribution in [1.82, 2.24) is 10.5 Å². The number of rotatable bonds is 2. The second-order valence-corrected chi connectivity index (χ2v) is 5.92. The lowest BCUT2D eigenvalue weighted by Crippen LogP contribution is -2.28. The summed E-state index contributed by atoms with van der Waals surface area (Å²) in [6.07, 6.45) is 0. The minimum Gasteiger partial charge on any atom is -0.360 e. The van der Waals surface area contributed by atoms with E-state index >= 15 is 0 Å². The topological polar surface area (TPSA) is 67.5 Å². The van der Waals surface area contributed by atoms with Crippen LogP contribution in [-0.4, -0.2) is 28.5 Å². The molecule has 0 saturated heterocycles. The molecule has 0 aliphatic carbocycles. The molecule has 2 aromatic rings. The van der Waals surface area contributed by atoms with Gasteiger partial charge in [0.25, 0.3) is 5.91 Å². The van der Waals surface area contributed by atoms with E-state index in [-0.39, 0.29) is 5.91 Å². The normalized spacial score (nSPS) is 14.1. The molecule has 1 aromatic heterocycles. The fraction of sp³-hybridized carbons (Fsp3) is 0.214. The van der Waals surface area contributed by atoms with Crippen LogP contribution >= 0.6 is 23.4 Å². The Bertz CT molecular complexity index is 727. The van der Waals surface area contributed by atoms with E-state index in [0.29, 0.717) is 32.8 Å². The molecule has 3 rings (SSSR count). The second-order valence-electron chi connectivity index (χ2n) is 4.43. The zero-order chi connectivity index (χ0) is 14.8. The van der Waals surface area contributed by atoms with Crippen LogP contribution in [0.1, 0.15) is 16.1 Å². The summed E-state index contributed by atoms with van der Waals surface area (Å²) in [4.78, 5) is 16.6. The number of amides is 1. The van der Waals surface area contributed by atoms with Crippen LogP contribution in [0.25, 0.3) is 11.3 Å². The molecule has 1 aliphatic rings. The van der Waals surface area contributed by atoms with Gasteiger partial charge in [-0.05, 0) is 13.0 Å². The van der Waals surface area contributed by atoms with E-state index in [9.17, 15) is 4.79 Å². The van der Waals surface area contributed by atoms with Crippen LogP contribution in [0.2, 0.25) is 5.02 Å². The Morgan fingerprint density at radius 1 is 1.43 bits per heavy atom. The van der Waals surface area contributed by atoms with E-state index in [2.05, 4.69) is 15.5 Å². The van der Waals surface area contributed by atoms with Gasteiger partial charge in [-0.2, -0.15) is 0 Å². The van der Waals surface area contributed by atoms with E-state index in [1.807, 2.05) is 12.1 Å². The van der Waals surface area contributed by atoms with E-state index in [4.69, 9.17) is 16.1 Å². The molecule has 1 amide bonds. The maximum atomic E-state index is 12.4. The van der Waals surface area contributed by atoms with Crippen LogP contribution in [-0.2, 0) is 0 Å². The predicted molar refractivity (Wildman–Crippen MR) is 83.9 cm³/mol. The average Bonchev–Trinajstić information content (AvgIpc) is 3.09. The second kappa shape index (κ2) is 5.91. The Hall–Kier alpha value is -1.79. The minimum absolute atomic E-state index is 0.281. The summed E-state index contributed by atoms with van der Waals surface area (Å²) >= 11 is 7.69. The number of aliphatic imine (C=N–C) groups is 1. The molecule has 5 nitrogen and oxygen atoms in total. The van der Waals surface area contributed by atoms with Crippen molar-refractivity contribution in [3.05, 3.63) is 40.6 Å². The first kappa shape index (κ1) is 14.2. The number of hydrogen-bond acceptors (Lipinski definition) is 5. The van der Waals surface area contributed by atoms with Gasteiger partial charge in [-0.1, -0.05) is 46.7 Å². The number of thioether (sulfide) groups is 1. The van der Waals surface area contributed by atoms with Crippen LogP contribution in [0.3, 0.4) is 0 Å². The molecule has 0 saturated carbocycles. The summed E-state index contributed by atoms with van der Waals surface area (Å²) in [5.41, 5.74) is 1.50. The standard InChI is InChI=1S/C14H12ClN3O2S/c1-8-11(13(19)17-14-16-6-7-21-14)12(18-20-8)9-4-2-3-5-10(9)15/h2-5H,6-7H2,1H3,(H,16,17,19). The molecule has 7 heteroatoms. The number of amidine groups is 1. The third-order valence-corrected chi connectivity index (χ3v) is 4.25. The van der Waals surface area contributed by atoms with Gasteiger partial charge in [-0.3, -0.25) is 9.79 Å². The van der Waals surface area contributed by atoms with Gasteiger partial charge in [0.2, 0.25) is 0 Å². The van der Waals surface area contributed by atoms with Gasteiger partial charge >= 0.3 is 0 Å². The van der Waals surface area contributed by atoms with Gasteiger partial charge < -0.3 is 9.84 Å². The maximum absolute atomic E-state index is 12.4. The van der Waals surface area contributed by atoms with Gasteiger partial charge in [-0.15, -0.1) is 0 Å². The summed E-state index contributed by atoms with van der Waals surface area (Å²) in [5.74, 6) is 1.05. The Kier molecular flexibility index (Phi) is 3.98. The third kappa shape index (κ3) is 2.82. The minimum atomic E-state index is -0.281. The van der Waals surface area contributed by atoms with Gasteiger partial charge in [0, 0.05) is 11.3 Å². The number of benzene rings is 1. The third-order valence-electron chi connectivity index (χ3n) is 3.02. The number of aryl methyl sites for hydroxylation is 1. The van der Waals surface area contributed by atoms with Crippen molar-refractivity contribution >= 4 is 34.4 Å². The Labute approximate surface area is 130 Å². The number of carbonyl (C=O) groups excluding carboxylic acids is 1. The fourth-order valence-corrected chi connectivity index (χ4v) is 3.00. The van der Waals surface area contributed by atoms with Crippen LogP contribution in [0.5, 0.6) is 0 Å². The highest BCUT2D eigenvalue weighted by Gasteiger charge is 2.24. The van der Waals surface area contributed by atoms with Crippen molar-refractivity contribution in [3.8, 4) is 11.3 Å². The fourth-order valence-electron chi connectivity index (χ4n) is 2.05. The van der Waals surface area contributed by atoms with Crippen molar-refractivity contribution in [2.45, 2.75) is 6.92 Å². The van der Waals surface area contributed by atoms with Crippen molar-refractivity contribution < 1.29 is 9.32 Å². The molecule has 108 valence electrons. The van der Waals surface area contributed by atoms with Gasteiger partial charge in [-0.25, -0.2) is 0 Å². The quantitative estimate of drug-likeness (QED) is 0.922. The largest absolute Gasteiger partial charge is 0.360 e. The number of halogens is 1. The number of hydrogen-bond donors (Lipinski definition) is 1. The summed E-state index contributed by atoms with van der Waals surface area (Å²) < 4.78 is 5.17. The number of aromatic nitrogens is 1. The highest BCUT2D eigenvalue weighted by atomic mass is 35.5. The summed E-state index contributed by atoms with van der Waals surface area (Å²) in [5, 5.41) is 7.91. The molecule has 1 aromatic carbocycles. The SMILES string of the molecule is Cc1onc(-c2ccccc2Cl)c1C(=O)NC1=NCCS1. The first-order chi connectivity index (χ1) is 10.2.